The molecule has 1 atom stereocenters. The third-order valence-corrected chi connectivity index (χ3v) is 4.86. The van der Waals surface area contributed by atoms with E-state index >= 15 is 0 Å². The van der Waals surface area contributed by atoms with Gasteiger partial charge in [-0.25, -0.2) is 0 Å². The maximum atomic E-state index is 5.35. The zero-order valence-electron chi connectivity index (χ0n) is 9.89. The Labute approximate surface area is 87.4 Å². The third-order valence-electron chi connectivity index (χ3n) is 4.86. The van der Waals surface area contributed by atoms with Crippen LogP contribution in [-0.2, 0) is 4.74 Å². The van der Waals surface area contributed by atoms with Crippen LogP contribution in [0.25, 0.3) is 0 Å². The van der Waals surface area contributed by atoms with Gasteiger partial charge in [-0.2, -0.15) is 0 Å². The first kappa shape index (κ1) is 10.4. The second-order valence-electron chi connectivity index (χ2n) is 5.96. The summed E-state index contributed by atoms with van der Waals surface area (Å²) in [6, 6.07) is 0.613. The highest BCUT2D eigenvalue weighted by molar-refractivity contribution is 5.12. The van der Waals surface area contributed by atoms with Crippen molar-refractivity contribution in [3.8, 4) is 0 Å². The Morgan fingerprint density at radius 2 is 1.86 bits per heavy atom. The second kappa shape index (κ2) is 3.21. The molecule has 0 aromatic heterocycles. The predicted octanol–water partition coefficient (Wildman–Crippen LogP) is 2.05. The number of rotatable bonds is 3. The maximum absolute atomic E-state index is 5.35. The van der Waals surface area contributed by atoms with E-state index in [1.807, 2.05) is 0 Å². The Hall–Kier alpha value is -0.0800. The van der Waals surface area contributed by atoms with Crippen LogP contribution in [0.3, 0.4) is 0 Å². The van der Waals surface area contributed by atoms with Crippen LogP contribution >= 0.6 is 0 Å². The fourth-order valence-electron chi connectivity index (χ4n) is 2.82. The summed E-state index contributed by atoms with van der Waals surface area (Å²) in [4.78, 5) is 0. The molecule has 0 aromatic carbocycles. The molecule has 0 bridgehead atoms. The molecule has 0 aromatic rings. The lowest BCUT2D eigenvalue weighted by atomic mass is 10.0. The first-order chi connectivity index (χ1) is 6.46. The van der Waals surface area contributed by atoms with Crippen molar-refractivity contribution in [3.63, 3.8) is 0 Å². The molecule has 14 heavy (non-hydrogen) atoms. The first-order valence-corrected chi connectivity index (χ1v) is 5.77. The Kier molecular flexibility index (Phi) is 2.39. The van der Waals surface area contributed by atoms with Crippen molar-refractivity contribution >= 4 is 0 Å². The number of hydrogen-bond donors (Lipinski definition) is 1. The molecule has 1 N–H and O–H groups in total. The largest absolute Gasteiger partial charge is 0.380 e. The molecule has 0 amide bonds. The molecule has 1 heterocycles. The van der Waals surface area contributed by atoms with Crippen LogP contribution in [0.15, 0.2) is 0 Å². The highest BCUT2D eigenvalue weighted by Gasteiger charge is 2.63. The lowest BCUT2D eigenvalue weighted by Gasteiger charge is -2.11. The highest BCUT2D eigenvalue weighted by atomic mass is 16.5. The average molecular weight is 197 g/mol. The van der Waals surface area contributed by atoms with Crippen LogP contribution in [0.2, 0.25) is 0 Å². The van der Waals surface area contributed by atoms with Gasteiger partial charge in [0.25, 0.3) is 0 Å². The molecule has 82 valence electrons. The van der Waals surface area contributed by atoms with Gasteiger partial charge in [0.05, 0.1) is 6.61 Å². The van der Waals surface area contributed by atoms with Gasteiger partial charge >= 0.3 is 0 Å². The van der Waals surface area contributed by atoms with Gasteiger partial charge in [0.15, 0.2) is 0 Å². The fourth-order valence-corrected chi connectivity index (χ4v) is 2.82. The molecule has 1 saturated carbocycles. The molecule has 2 aliphatic rings. The average Bonchev–Trinajstić information content (AvgIpc) is 2.54. The highest BCUT2D eigenvalue weighted by Crippen LogP contribution is 2.67. The molecular formula is C12H23NO. The lowest BCUT2D eigenvalue weighted by molar-refractivity contribution is 0.189. The van der Waals surface area contributed by atoms with Gasteiger partial charge in [0, 0.05) is 12.6 Å². The number of ether oxygens (including phenoxy) is 1. The van der Waals surface area contributed by atoms with E-state index in [-0.39, 0.29) is 0 Å². The molecule has 1 aliphatic carbocycles. The Bertz CT molecular complexity index is 202. The van der Waals surface area contributed by atoms with Crippen LogP contribution in [0, 0.1) is 16.7 Å². The van der Waals surface area contributed by atoms with Gasteiger partial charge < -0.3 is 10.1 Å². The summed E-state index contributed by atoms with van der Waals surface area (Å²) in [5, 5.41) is 3.63. The molecule has 2 heteroatoms. The normalized spacial score (nSPS) is 34.7. The minimum Gasteiger partial charge on any atom is -0.380 e. The molecule has 1 saturated heterocycles. The van der Waals surface area contributed by atoms with Gasteiger partial charge in [-0.3, -0.25) is 0 Å². The second-order valence-corrected chi connectivity index (χ2v) is 5.96. The van der Waals surface area contributed by atoms with Gasteiger partial charge in [-0.05, 0) is 29.7 Å². The van der Waals surface area contributed by atoms with E-state index in [1.54, 1.807) is 0 Å². The van der Waals surface area contributed by atoms with Crippen molar-refractivity contribution in [2.24, 2.45) is 16.7 Å². The van der Waals surface area contributed by atoms with E-state index in [0.29, 0.717) is 16.9 Å². The summed E-state index contributed by atoms with van der Waals surface area (Å²) >= 11 is 0. The summed E-state index contributed by atoms with van der Waals surface area (Å²) in [7, 11) is 0. The van der Waals surface area contributed by atoms with E-state index in [9.17, 15) is 0 Å². The molecular weight excluding hydrogens is 174 g/mol. The van der Waals surface area contributed by atoms with Crippen molar-refractivity contribution in [1.82, 2.24) is 5.32 Å². The van der Waals surface area contributed by atoms with Crippen LogP contribution < -0.4 is 5.32 Å². The van der Waals surface area contributed by atoms with E-state index in [0.717, 1.165) is 25.7 Å². The first-order valence-electron chi connectivity index (χ1n) is 5.77. The summed E-state index contributed by atoms with van der Waals surface area (Å²) in [5.74, 6) is 0.829. The van der Waals surface area contributed by atoms with Gasteiger partial charge in [0.2, 0.25) is 0 Å². The quantitative estimate of drug-likeness (QED) is 0.747. The molecule has 1 unspecified atom stereocenters. The summed E-state index contributed by atoms with van der Waals surface area (Å²) in [6.07, 6.45) is 1.19. The zero-order chi connectivity index (χ0) is 10.4. The van der Waals surface area contributed by atoms with E-state index in [4.69, 9.17) is 4.74 Å². The monoisotopic (exact) mass is 197 g/mol. The van der Waals surface area contributed by atoms with Crippen molar-refractivity contribution in [1.29, 1.82) is 0 Å². The molecule has 2 fully saturated rings. The molecule has 2 rings (SSSR count). The third kappa shape index (κ3) is 1.49. The van der Waals surface area contributed by atoms with Crippen molar-refractivity contribution in [3.05, 3.63) is 0 Å². The van der Waals surface area contributed by atoms with Crippen molar-refractivity contribution < 1.29 is 4.74 Å². The lowest BCUT2D eigenvalue weighted by Crippen LogP contribution is -2.32. The van der Waals surface area contributed by atoms with Crippen molar-refractivity contribution in [2.75, 3.05) is 19.8 Å². The van der Waals surface area contributed by atoms with E-state index < -0.39 is 0 Å². The molecule has 2 nitrogen and oxygen atoms in total. The Morgan fingerprint density at radius 1 is 1.21 bits per heavy atom. The molecule has 0 radical (unpaired) electrons. The smallest absolute Gasteiger partial charge is 0.0620 e. The minimum atomic E-state index is 0.513. The Morgan fingerprint density at radius 3 is 2.29 bits per heavy atom. The summed E-state index contributed by atoms with van der Waals surface area (Å²) < 4.78 is 5.35. The van der Waals surface area contributed by atoms with Gasteiger partial charge in [-0.1, -0.05) is 27.7 Å². The molecule has 0 spiro atoms. The Balaban J connectivity index is 1.77. The van der Waals surface area contributed by atoms with Crippen LogP contribution in [0.4, 0.5) is 0 Å². The van der Waals surface area contributed by atoms with Crippen LogP contribution in [-0.4, -0.2) is 25.8 Å². The summed E-state index contributed by atoms with van der Waals surface area (Å²) in [6.45, 7) is 12.5. The predicted molar refractivity (Wildman–Crippen MR) is 58.3 cm³/mol. The fraction of sp³-hybridized carbons (Fsp3) is 1.00. The van der Waals surface area contributed by atoms with Gasteiger partial charge in [-0.15, -0.1) is 0 Å². The van der Waals surface area contributed by atoms with E-state index in [1.165, 1.54) is 6.42 Å². The van der Waals surface area contributed by atoms with E-state index in [2.05, 4.69) is 33.0 Å². The standard InChI is InChI=1S/C12H23NO/c1-11(2)10(12(11,3)4)7-13-9-5-6-14-8-9/h9-10,13H,5-8H2,1-4H3. The van der Waals surface area contributed by atoms with Crippen LogP contribution in [0.1, 0.15) is 34.1 Å². The SMILES string of the molecule is CC1(C)C(CNC2CCOC2)C1(C)C. The minimum absolute atomic E-state index is 0.513. The topological polar surface area (TPSA) is 21.3 Å². The summed E-state index contributed by atoms with van der Waals surface area (Å²) in [5.41, 5.74) is 1.03. The van der Waals surface area contributed by atoms with Crippen LogP contribution in [0.5, 0.6) is 0 Å². The van der Waals surface area contributed by atoms with Gasteiger partial charge in [0.1, 0.15) is 0 Å². The molecule has 1 aliphatic heterocycles. The number of nitrogens with one attached hydrogen (secondary N) is 1. The zero-order valence-corrected chi connectivity index (χ0v) is 9.89. The maximum Gasteiger partial charge on any atom is 0.0620 e. The van der Waals surface area contributed by atoms with Crippen molar-refractivity contribution in [2.45, 2.75) is 40.2 Å². The number of hydrogen-bond acceptors (Lipinski definition) is 2.